The molecule has 1 aliphatic carbocycles. The highest BCUT2D eigenvalue weighted by Crippen LogP contribution is 2.39. The molecule has 0 unspecified atom stereocenters. The van der Waals surface area contributed by atoms with Crippen molar-refractivity contribution in [2.24, 2.45) is 0 Å². The molecule has 1 amide bonds. The molecule has 0 radical (unpaired) electrons. The van der Waals surface area contributed by atoms with Crippen molar-refractivity contribution in [2.75, 3.05) is 43.0 Å². The topological polar surface area (TPSA) is 73.5 Å². The van der Waals surface area contributed by atoms with Gasteiger partial charge in [-0.1, -0.05) is 6.07 Å². The highest BCUT2D eigenvalue weighted by Gasteiger charge is 2.42. The number of aryl methyl sites for hydroxylation is 1. The summed E-state index contributed by atoms with van der Waals surface area (Å²) in [5.41, 5.74) is 4.21. The molecule has 2 N–H and O–H groups in total. The molecule has 0 spiro atoms. The van der Waals surface area contributed by atoms with E-state index in [2.05, 4.69) is 15.5 Å². The van der Waals surface area contributed by atoms with Crippen LogP contribution in [-0.4, -0.2) is 61.6 Å². The summed E-state index contributed by atoms with van der Waals surface area (Å²) in [7, 11) is 1.17. The van der Waals surface area contributed by atoms with Crippen molar-refractivity contribution in [3.05, 3.63) is 36.0 Å². The molecule has 0 atom stereocenters. The van der Waals surface area contributed by atoms with Gasteiger partial charge in [-0.15, -0.1) is 0 Å². The van der Waals surface area contributed by atoms with Gasteiger partial charge in [0.05, 0.1) is 34.1 Å². The first-order chi connectivity index (χ1) is 17.2. The molecule has 1 aliphatic heterocycles. The average molecular weight is 502 g/mol. The van der Waals surface area contributed by atoms with Gasteiger partial charge in [0.25, 0.3) is 0 Å². The highest BCUT2D eigenvalue weighted by molar-refractivity contribution is 6.00. The smallest absolute Gasteiger partial charge is 0.471 e. The predicted octanol–water partition coefficient (Wildman–Crippen LogP) is 4.79. The lowest BCUT2D eigenvalue weighted by molar-refractivity contribution is -0.170. The summed E-state index contributed by atoms with van der Waals surface area (Å²) >= 11 is 0. The Kier molecular flexibility index (Phi) is 6.55. The summed E-state index contributed by atoms with van der Waals surface area (Å²) < 4.78 is 46.1. The molecule has 7 nitrogen and oxygen atoms in total. The molecule has 36 heavy (non-hydrogen) atoms. The number of anilines is 2. The third kappa shape index (κ3) is 4.74. The molecule has 5 rings (SSSR count). The molecular formula is C26H30F3N5O2. The second-order valence-corrected chi connectivity index (χ2v) is 9.53. The zero-order chi connectivity index (χ0) is 25.4. The van der Waals surface area contributed by atoms with Crippen LogP contribution in [0.25, 0.3) is 22.0 Å². The summed E-state index contributed by atoms with van der Waals surface area (Å²) in [5, 5.41) is 11.6. The number of fused-ring (bicyclic) bond motifs is 1. The number of carbonyl (C=O) groups excluding carboxylic acids is 1. The Morgan fingerprint density at radius 1 is 1.11 bits per heavy atom. The van der Waals surface area contributed by atoms with E-state index in [0.717, 1.165) is 59.2 Å². The number of alkyl halides is 3. The van der Waals surface area contributed by atoms with Crippen molar-refractivity contribution in [1.82, 2.24) is 15.5 Å². The second kappa shape index (κ2) is 9.65. The van der Waals surface area contributed by atoms with Gasteiger partial charge in [0.15, 0.2) is 0 Å². The van der Waals surface area contributed by atoms with Crippen molar-refractivity contribution < 1.29 is 22.7 Å². The largest absolute Gasteiger partial charge is 0.490 e. The number of nitrogens with zero attached hydrogens (tertiary/aromatic N) is 3. The third-order valence-corrected chi connectivity index (χ3v) is 7.08. The molecule has 1 saturated carbocycles. The van der Waals surface area contributed by atoms with Gasteiger partial charge in [0, 0.05) is 33.2 Å². The minimum atomic E-state index is -4.95. The van der Waals surface area contributed by atoms with E-state index in [9.17, 15) is 18.0 Å². The van der Waals surface area contributed by atoms with Crippen LogP contribution in [0.1, 0.15) is 31.4 Å². The SMILES string of the molecule is Cc1n[nH]c2cc(-c3ccc(N(C)C(=O)C(F)(F)F)c(N4CCNCC4)c3)cc(OC3CCCC3)c12. The first-order valence-corrected chi connectivity index (χ1v) is 12.3. The number of benzene rings is 2. The van der Waals surface area contributed by atoms with Crippen LogP contribution >= 0.6 is 0 Å². The molecule has 2 aliphatic rings. The standard InChI is InChI=1S/C26H30F3N5O2/c1-16-24-20(32-31-16)13-18(15-23(24)36-19-5-3-4-6-19)17-7-8-21(33(2)25(35)26(27,28)29)22(14-17)34-11-9-30-10-12-34/h7-8,13-15,19,30H,3-6,9-12H2,1-2H3,(H,31,32). The first-order valence-electron chi connectivity index (χ1n) is 12.3. The first kappa shape index (κ1) is 24.4. The van der Waals surface area contributed by atoms with Crippen molar-refractivity contribution in [1.29, 1.82) is 0 Å². The molecule has 2 heterocycles. The fourth-order valence-corrected chi connectivity index (χ4v) is 5.17. The number of rotatable bonds is 5. The fraction of sp³-hybridized carbons (Fsp3) is 0.462. The van der Waals surface area contributed by atoms with E-state index in [0.29, 0.717) is 36.8 Å². The van der Waals surface area contributed by atoms with Crippen LogP contribution in [0.4, 0.5) is 24.5 Å². The second-order valence-electron chi connectivity index (χ2n) is 9.53. The van der Waals surface area contributed by atoms with Gasteiger partial charge in [-0.2, -0.15) is 18.3 Å². The minimum Gasteiger partial charge on any atom is -0.490 e. The van der Waals surface area contributed by atoms with Gasteiger partial charge < -0.3 is 19.9 Å². The van der Waals surface area contributed by atoms with Crippen LogP contribution in [-0.2, 0) is 4.79 Å². The maximum Gasteiger partial charge on any atom is 0.471 e. The van der Waals surface area contributed by atoms with Crippen LogP contribution in [0.5, 0.6) is 5.75 Å². The van der Waals surface area contributed by atoms with Crippen LogP contribution in [0.15, 0.2) is 30.3 Å². The molecule has 3 aromatic rings. The van der Waals surface area contributed by atoms with Crippen molar-refractivity contribution in [3.8, 4) is 16.9 Å². The number of ether oxygens (including phenoxy) is 1. The quantitative estimate of drug-likeness (QED) is 0.526. The van der Waals surface area contributed by atoms with E-state index in [1.807, 2.05) is 30.0 Å². The maximum absolute atomic E-state index is 13.2. The molecule has 2 aromatic carbocycles. The highest BCUT2D eigenvalue weighted by atomic mass is 19.4. The number of aromatic amines is 1. The lowest BCUT2D eigenvalue weighted by Crippen LogP contribution is -2.45. The summed E-state index contributed by atoms with van der Waals surface area (Å²) in [6.45, 7) is 4.60. The lowest BCUT2D eigenvalue weighted by atomic mass is 10.0. The van der Waals surface area contributed by atoms with Crippen LogP contribution in [0.3, 0.4) is 0 Å². The van der Waals surface area contributed by atoms with E-state index in [-0.39, 0.29) is 11.8 Å². The van der Waals surface area contributed by atoms with Gasteiger partial charge in [0.1, 0.15) is 5.75 Å². The van der Waals surface area contributed by atoms with E-state index < -0.39 is 12.1 Å². The van der Waals surface area contributed by atoms with E-state index in [1.165, 1.54) is 7.05 Å². The zero-order valence-electron chi connectivity index (χ0n) is 20.4. The van der Waals surface area contributed by atoms with Gasteiger partial charge in [0.2, 0.25) is 0 Å². The summed E-state index contributed by atoms with van der Waals surface area (Å²) in [4.78, 5) is 14.8. The summed E-state index contributed by atoms with van der Waals surface area (Å²) in [6.07, 6.45) is -0.452. The number of halogens is 3. The number of hydrogen-bond donors (Lipinski definition) is 2. The molecule has 1 aromatic heterocycles. The Labute approximate surface area is 207 Å². The fourth-order valence-electron chi connectivity index (χ4n) is 5.17. The number of nitrogens with one attached hydrogen (secondary N) is 2. The number of H-pyrrole nitrogens is 1. The van der Waals surface area contributed by atoms with E-state index in [4.69, 9.17) is 4.74 Å². The maximum atomic E-state index is 13.2. The number of amides is 1. The van der Waals surface area contributed by atoms with Crippen LogP contribution in [0, 0.1) is 6.92 Å². The number of piperazine rings is 1. The Bertz CT molecular complexity index is 1260. The molecule has 192 valence electrons. The Morgan fingerprint density at radius 2 is 1.83 bits per heavy atom. The van der Waals surface area contributed by atoms with Crippen LogP contribution < -0.4 is 19.9 Å². The van der Waals surface area contributed by atoms with Crippen molar-refractivity contribution >= 4 is 28.2 Å². The Morgan fingerprint density at radius 3 is 2.53 bits per heavy atom. The monoisotopic (exact) mass is 501 g/mol. The molecular weight excluding hydrogens is 471 g/mol. The normalized spacial score (nSPS) is 17.1. The van der Waals surface area contributed by atoms with E-state index >= 15 is 0 Å². The van der Waals surface area contributed by atoms with Crippen LogP contribution in [0.2, 0.25) is 0 Å². The van der Waals surface area contributed by atoms with Gasteiger partial charge in [-0.25, -0.2) is 0 Å². The molecule has 1 saturated heterocycles. The van der Waals surface area contributed by atoms with Crippen molar-refractivity contribution in [2.45, 2.75) is 44.9 Å². The van der Waals surface area contributed by atoms with Gasteiger partial charge in [-0.05, 0) is 68.0 Å². The Hall–Kier alpha value is -3.27. The molecule has 0 bridgehead atoms. The van der Waals surface area contributed by atoms with Crippen molar-refractivity contribution in [3.63, 3.8) is 0 Å². The number of aromatic nitrogens is 2. The Balaban J connectivity index is 1.58. The van der Waals surface area contributed by atoms with E-state index in [1.54, 1.807) is 12.1 Å². The third-order valence-electron chi connectivity index (χ3n) is 7.08. The number of hydrogen-bond acceptors (Lipinski definition) is 5. The lowest BCUT2D eigenvalue weighted by Gasteiger charge is -2.33. The molecule has 10 heteroatoms. The molecule has 2 fully saturated rings. The minimum absolute atomic E-state index is 0.165. The number of carbonyl (C=O) groups is 1. The summed E-state index contributed by atoms with van der Waals surface area (Å²) in [5.74, 6) is -1.13. The summed E-state index contributed by atoms with van der Waals surface area (Å²) in [6, 6.07) is 9.19. The average Bonchev–Trinajstić information content (AvgIpc) is 3.52. The predicted molar refractivity (Wildman–Crippen MR) is 134 cm³/mol. The van der Waals surface area contributed by atoms with Gasteiger partial charge >= 0.3 is 12.1 Å². The zero-order valence-corrected chi connectivity index (χ0v) is 20.4. The van der Waals surface area contributed by atoms with Gasteiger partial charge in [-0.3, -0.25) is 9.89 Å².